The average Bonchev–Trinajstić information content (AvgIpc) is 2.91. The fourth-order valence-corrected chi connectivity index (χ4v) is 3.85. The molecule has 1 saturated heterocycles. The van der Waals surface area contributed by atoms with Crippen LogP contribution in [0.5, 0.6) is 0 Å². The Bertz CT molecular complexity index is 380. The first kappa shape index (κ1) is 17.3. The number of hydrogen-bond acceptors (Lipinski definition) is 3. The molecule has 22 heavy (non-hydrogen) atoms. The molecular formula is C17H31N3O2. The lowest BCUT2D eigenvalue weighted by Gasteiger charge is -2.25. The molecule has 0 aromatic rings. The molecule has 2 rings (SSSR count). The lowest BCUT2D eigenvalue weighted by Crippen LogP contribution is -2.45. The maximum Gasteiger partial charge on any atom is 0.242 e. The Hall–Kier alpha value is -1.10. The Morgan fingerprint density at radius 2 is 1.95 bits per heavy atom. The molecule has 2 atom stereocenters. The highest BCUT2D eigenvalue weighted by Gasteiger charge is 2.37. The molecule has 5 nitrogen and oxygen atoms in total. The van der Waals surface area contributed by atoms with Crippen LogP contribution >= 0.6 is 0 Å². The van der Waals surface area contributed by atoms with E-state index in [2.05, 4.69) is 5.32 Å². The van der Waals surface area contributed by atoms with Gasteiger partial charge in [-0.15, -0.1) is 0 Å². The molecule has 1 aliphatic heterocycles. The summed E-state index contributed by atoms with van der Waals surface area (Å²) in [4.78, 5) is 26.2. The van der Waals surface area contributed by atoms with Gasteiger partial charge in [-0.3, -0.25) is 9.59 Å². The Labute approximate surface area is 134 Å². The summed E-state index contributed by atoms with van der Waals surface area (Å²) in [5.74, 6) is 0.845. The van der Waals surface area contributed by atoms with E-state index in [1.807, 2.05) is 6.92 Å². The molecule has 0 spiro atoms. The van der Waals surface area contributed by atoms with E-state index in [0.29, 0.717) is 25.9 Å². The third kappa shape index (κ3) is 4.70. The van der Waals surface area contributed by atoms with E-state index in [0.717, 1.165) is 18.8 Å². The predicted molar refractivity (Wildman–Crippen MR) is 87.2 cm³/mol. The first-order valence-corrected chi connectivity index (χ1v) is 8.94. The molecule has 2 aliphatic rings. The van der Waals surface area contributed by atoms with Crippen molar-refractivity contribution in [2.24, 2.45) is 11.7 Å². The fourth-order valence-electron chi connectivity index (χ4n) is 3.85. The SMILES string of the molecule is CCNC(=O)[C@@H]1C[C@@H](N)CN1C(=O)CCCC1CCCCC1. The second kappa shape index (κ2) is 8.51. The zero-order valence-corrected chi connectivity index (χ0v) is 13.9. The topological polar surface area (TPSA) is 75.4 Å². The molecule has 2 amide bonds. The van der Waals surface area contributed by atoms with Crippen LogP contribution < -0.4 is 11.1 Å². The van der Waals surface area contributed by atoms with Gasteiger partial charge in [0.25, 0.3) is 0 Å². The largest absolute Gasteiger partial charge is 0.355 e. The summed E-state index contributed by atoms with van der Waals surface area (Å²) in [5, 5.41) is 2.81. The van der Waals surface area contributed by atoms with Crippen LogP contribution in [-0.4, -0.2) is 41.9 Å². The highest BCUT2D eigenvalue weighted by molar-refractivity contribution is 5.88. The lowest BCUT2D eigenvalue weighted by atomic mass is 9.86. The van der Waals surface area contributed by atoms with Crippen LogP contribution in [-0.2, 0) is 9.59 Å². The van der Waals surface area contributed by atoms with Crippen molar-refractivity contribution in [2.75, 3.05) is 13.1 Å². The molecule has 3 N–H and O–H groups in total. The third-order valence-corrected chi connectivity index (χ3v) is 5.04. The second-order valence-corrected chi connectivity index (χ2v) is 6.85. The minimum atomic E-state index is -0.364. The molecule has 0 bridgehead atoms. The van der Waals surface area contributed by atoms with E-state index in [-0.39, 0.29) is 23.9 Å². The number of carbonyl (C=O) groups excluding carboxylic acids is 2. The minimum Gasteiger partial charge on any atom is -0.355 e. The van der Waals surface area contributed by atoms with E-state index in [1.165, 1.54) is 32.1 Å². The summed E-state index contributed by atoms with van der Waals surface area (Å²) in [6, 6.07) is -0.438. The van der Waals surface area contributed by atoms with Gasteiger partial charge in [-0.05, 0) is 32.1 Å². The molecule has 126 valence electrons. The van der Waals surface area contributed by atoms with Gasteiger partial charge in [0, 0.05) is 25.6 Å². The van der Waals surface area contributed by atoms with Gasteiger partial charge in [-0.2, -0.15) is 0 Å². The zero-order chi connectivity index (χ0) is 15.9. The molecule has 0 aromatic heterocycles. The number of carbonyl (C=O) groups is 2. The van der Waals surface area contributed by atoms with Crippen LogP contribution in [0.25, 0.3) is 0 Å². The number of amides is 2. The summed E-state index contributed by atoms with van der Waals surface area (Å²) in [6.45, 7) is 3.00. The van der Waals surface area contributed by atoms with Gasteiger partial charge in [0.15, 0.2) is 0 Å². The van der Waals surface area contributed by atoms with E-state index < -0.39 is 0 Å². The molecule has 0 unspecified atom stereocenters. The van der Waals surface area contributed by atoms with Gasteiger partial charge in [0.05, 0.1) is 0 Å². The van der Waals surface area contributed by atoms with Crippen LogP contribution in [0.15, 0.2) is 0 Å². The van der Waals surface area contributed by atoms with Crippen molar-refractivity contribution in [3.63, 3.8) is 0 Å². The number of likely N-dealkylation sites (tertiary alicyclic amines) is 1. The molecule has 1 saturated carbocycles. The van der Waals surface area contributed by atoms with Crippen molar-refractivity contribution in [2.45, 2.75) is 76.8 Å². The van der Waals surface area contributed by atoms with Gasteiger partial charge in [-0.25, -0.2) is 0 Å². The van der Waals surface area contributed by atoms with Gasteiger partial charge < -0.3 is 16.0 Å². The van der Waals surface area contributed by atoms with E-state index >= 15 is 0 Å². The molecule has 0 radical (unpaired) electrons. The van der Waals surface area contributed by atoms with Crippen molar-refractivity contribution >= 4 is 11.8 Å². The second-order valence-electron chi connectivity index (χ2n) is 6.85. The van der Waals surface area contributed by atoms with Crippen LogP contribution in [0.4, 0.5) is 0 Å². The van der Waals surface area contributed by atoms with Gasteiger partial charge in [-0.1, -0.05) is 32.1 Å². The normalized spacial score (nSPS) is 26.2. The van der Waals surface area contributed by atoms with Crippen LogP contribution in [0.2, 0.25) is 0 Å². The quantitative estimate of drug-likeness (QED) is 0.785. The first-order valence-electron chi connectivity index (χ1n) is 8.94. The lowest BCUT2D eigenvalue weighted by molar-refractivity contribution is -0.138. The van der Waals surface area contributed by atoms with Crippen molar-refractivity contribution in [3.8, 4) is 0 Å². The van der Waals surface area contributed by atoms with Crippen molar-refractivity contribution in [1.82, 2.24) is 10.2 Å². The average molecular weight is 309 g/mol. The van der Waals surface area contributed by atoms with Crippen molar-refractivity contribution in [1.29, 1.82) is 0 Å². The summed E-state index contributed by atoms with van der Waals surface area (Å²) in [5.41, 5.74) is 5.96. The Morgan fingerprint density at radius 3 is 2.64 bits per heavy atom. The standard InChI is InChI=1S/C17H31N3O2/c1-2-19-17(22)15-11-14(18)12-20(15)16(21)10-6-9-13-7-4-3-5-8-13/h13-15H,2-12,18H2,1H3,(H,19,22)/t14-,15+/m1/s1. The maximum absolute atomic E-state index is 12.4. The highest BCUT2D eigenvalue weighted by atomic mass is 16.2. The first-order chi connectivity index (χ1) is 10.6. The molecule has 1 aliphatic carbocycles. The number of likely N-dealkylation sites (N-methyl/N-ethyl adjacent to an activating group) is 1. The third-order valence-electron chi connectivity index (χ3n) is 5.04. The summed E-state index contributed by atoms with van der Waals surface area (Å²) < 4.78 is 0. The van der Waals surface area contributed by atoms with E-state index in [1.54, 1.807) is 4.90 Å². The van der Waals surface area contributed by atoms with Gasteiger partial charge in [0.2, 0.25) is 11.8 Å². The summed E-state index contributed by atoms with van der Waals surface area (Å²) in [6.07, 6.45) is 9.94. The molecule has 0 aromatic carbocycles. The number of nitrogens with zero attached hydrogens (tertiary/aromatic N) is 1. The van der Waals surface area contributed by atoms with Crippen molar-refractivity contribution in [3.05, 3.63) is 0 Å². The van der Waals surface area contributed by atoms with E-state index in [9.17, 15) is 9.59 Å². The van der Waals surface area contributed by atoms with Crippen LogP contribution in [0, 0.1) is 5.92 Å². The number of nitrogens with one attached hydrogen (secondary N) is 1. The van der Waals surface area contributed by atoms with E-state index in [4.69, 9.17) is 5.73 Å². The number of rotatable bonds is 6. The Balaban J connectivity index is 1.78. The van der Waals surface area contributed by atoms with Crippen LogP contribution in [0.3, 0.4) is 0 Å². The summed E-state index contributed by atoms with van der Waals surface area (Å²) in [7, 11) is 0. The monoisotopic (exact) mass is 309 g/mol. The Kier molecular flexibility index (Phi) is 6.68. The Morgan fingerprint density at radius 1 is 1.23 bits per heavy atom. The zero-order valence-electron chi connectivity index (χ0n) is 13.9. The summed E-state index contributed by atoms with van der Waals surface area (Å²) >= 11 is 0. The fraction of sp³-hybridized carbons (Fsp3) is 0.882. The molecule has 5 heteroatoms. The van der Waals surface area contributed by atoms with Crippen molar-refractivity contribution < 1.29 is 9.59 Å². The maximum atomic E-state index is 12.4. The highest BCUT2D eigenvalue weighted by Crippen LogP contribution is 2.28. The minimum absolute atomic E-state index is 0.0592. The smallest absolute Gasteiger partial charge is 0.242 e. The molecular weight excluding hydrogens is 278 g/mol. The number of hydrogen-bond donors (Lipinski definition) is 2. The number of nitrogens with two attached hydrogens (primary N) is 1. The molecule has 1 heterocycles. The van der Waals surface area contributed by atoms with Gasteiger partial charge in [0.1, 0.15) is 6.04 Å². The predicted octanol–water partition coefficient (Wildman–Crippen LogP) is 1.80. The van der Waals surface area contributed by atoms with Crippen LogP contribution in [0.1, 0.15) is 64.7 Å². The molecule has 2 fully saturated rings. The van der Waals surface area contributed by atoms with Gasteiger partial charge >= 0.3 is 0 Å².